The van der Waals surface area contributed by atoms with Crippen molar-refractivity contribution in [1.82, 2.24) is 14.7 Å². The molecule has 1 aliphatic rings. The quantitative estimate of drug-likeness (QED) is 0.871. The van der Waals surface area contributed by atoms with Gasteiger partial charge >= 0.3 is 0 Å². The van der Waals surface area contributed by atoms with E-state index in [1.165, 1.54) is 0 Å². The van der Waals surface area contributed by atoms with Crippen LogP contribution in [0.4, 0.5) is 0 Å². The fourth-order valence-electron chi connectivity index (χ4n) is 3.10. The molecule has 5 nitrogen and oxygen atoms in total. The van der Waals surface area contributed by atoms with E-state index in [-0.39, 0.29) is 12.0 Å². The number of likely N-dealkylation sites (tertiary alicyclic amines) is 1. The minimum absolute atomic E-state index is 0.0831. The molecule has 1 aliphatic heterocycles. The van der Waals surface area contributed by atoms with Crippen molar-refractivity contribution in [3.63, 3.8) is 0 Å². The summed E-state index contributed by atoms with van der Waals surface area (Å²) in [6, 6.07) is 9.89. The standard InChI is InChI=1S/C18H23N3O2/c1-13-9-14(2)21(19-13)11-15-5-4-6-16(10-15)18(22)20-8-7-17(12-20)23-3/h4-6,9-10,17H,7-8,11-12H2,1-3H3. The minimum atomic E-state index is 0.0831. The van der Waals surface area contributed by atoms with Gasteiger partial charge in [-0.2, -0.15) is 5.10 Å². The van der Waals surface area contributed by atoms with Crippen LogP contribution in [0.3, 0.4) is 0 Å². The van der Waals surface area contributed by atoms with Crippen molar-refractivity contribution < 1.29 is 9.53 Å². The molecule has 1 aromatic carbocycles. The molecule has 1 atom stereocenters. The summed E-state index contributed by atoms with van der Waals surface area (Å²) in [6.45, 7) is 6.16. The van der Waals surface area contributed by atoms with Crippen LogP contribution in [0.15, 0.2) is 30.3 Å². The van der Waals surface area contributed by atoms with Crippen molar-refractivity contribution in [3.8, 4) is 0 Å². The summed E-state index contributed by atoms with van der Waals surface area (Å²) in [6.07, 6.45) is 1.07. The molecule has 1 saturated heterocycles. The lowest BCUT2D eigenvalue weighted by atomic mass is 10.1. The van der Waals surface area contributed by atoms with Crippen LogP contribution in [0.1, 0.15) is 33.7 Å². The fraction of sp³-hybridized carbons (Fsp3) is 0.444. The van der Waals surface area contributed by atoms with Gasteiger partial charge in [-0.1, -0.05) is 12.1 Å². The molecule has 1 fully saturated rings. The molecule has 122 valence electrons. The second kappa shape index (κ2) is 6.54. The molecule has 2 aromatic rings. The van der Waals surface area contributed by atoms with E-state index in [1.807, 2.05) is 47.7 Å². The molecule has 0 radical (unpaired) electrons. The zero-order valence-corrected chi connectivity index (χ0v) is 14.0. The van der Waals surface area contributed by atoms with Crippen molar-refractivity contribution in [2.75, 3.05) is 20.2 Å². The van der Waals surface area contributed by atoms with Crippen molar-refractivity contribution in [2.24, 2.45) is 0 Å². The summed E-state index contributed by atoms with van der Waals surface area (Å²) in [5.74, 6) is 0.0831. The summed E-state index contributed by atoms with van der Waals surface area (Å²) >= 11 is 0. The Balaban J connectivity index is 1.75. The molecule has 1 aromatic heterocycles. The van der Waals surface area contributed by atoms with Gasteiger partial charge in [0.15, 0.2) is 0 Å². The number of methoxy groups -OCH3 is 1. The number of carbonyl (C=O) groups is 1. The maximum Gasteiger partial charge on any atom is 0.253 e. The van der Waals surface area contributed by atoms with Gasteiger partial charge in [0.1, 0.15) is 0 Å². The Morgan fingerprint density at radius 1 is 1.35 bits per heavy atom. The van der Waals surface area contributed by atoms with Gasteiger partial charge in [-0.05, 0) is 44.0 Å². The van der Waals surface area contributed by atoms with E-state index in [0.29, 0.717) is 13.1 Å². The molecule has 0 bridgehead atoms. The molecular weight excluding hydrogens is 290 g/mol. The highest BCUT2D eigenvalue weighted by Crippen LogP contribution is 2.17. The van der Waals surface area contributed by atoms with Crippen molar-refractivity contribution in [3.05, 3.63) is 52.8 Å². The maximum atomic E-state index is 12.6. The lowest BCUT2D eigenvalue weighted by molar-refractivity contribution is 0.0724. The molecular formula is C18H23N3O2. The summed E-state index contributed by atoms with van der Waals surface area (Å²) in [4.78, 5) is 14.5. The molecule has 0 spiro atoms. The number of nitrogens with zero attached hydrogens (tertiary/aromatic N) is 3. The maximum absolute atomic E-state index is 12.6. The molecule has 1 amide bonds. The Morgan fingerprint density at radius 2 is 2.17 bits per heavy atom. The summed E-state index contributed by atoms with van der Waals surface area (Å²) < 4.78 is 7.31. The summed E-state index contributed by atoms with van der Waals surface area (Å²) in [7, 11) is 1.70. The van der Waals surface area contributed by atoms with Gasteiger partial charge in [0, 0.05) is 31.5 Å². The molecule has 3 rings (SSSR count). The Bertz CT molecular complexity index is 708. The van der Waals surface area contributed by atoms with E-state index in [2.05, 4.69) is 11.2 Å². The van der Waals surface area contributed by atoms with Crippen molar-refractivity contribution >= 4 is 5.91 Å². The average molecular weight is 313 g/mol. The Morgan fingerprint density at radius 3 is 2.83 bits per heavy atom. The van der Waals surface area contributed by atoms with Crippen LogP contribution in [-0.2, 0) is 11.3 Å². The number of hydrogen-bond acceptors (Lipinski definition) is 3. The first-order valence-corrected chi connectivity index (χ1v) is 7.99. The van der Waals surface area contributed by atoms with E-state index in [1.54, 1.807) is 7.11 Å². The lowest BCUT2D eigenvalue weighted by Crippen LogP contribution is -2.30. The van der Waals surface area contributed by atoms with Gasteiger partial charge in [-0.3, -0.25) is 9.48 Å². The second-order valence-corrected chi connectivity index (χ2v) is 6.18. The SMILES string of the molecule is COC1CCN(C(=O)c2cccc(Cn3nc(C)cc3C)c2)C1. The number of aromatic nitrogens is 2. The second-order valence-electron chi connectivity index (χ2n) is 6.18. The first kappa shape index (κ1) is 15.7. The zero-order valence-electron chi connectivity index (χ0n) is 14.0. The molecule has 0 saturated carbocycles. The van der Waals surface area contributed by atoms with Gasteiger partial charge in [0.25, 0.3) is 5.91 Å². The highest BCUT2D eigenvalue weighted by atomic mass is 16.5. The normalized spacial score (nSPS) is 17.7. The summed E-state index contributed by atoms with van der Waals surface area (Å²) in [5.41, 5.74) is 3.96. The third-order valence-corrected chi connectivity index (χ3v) is 4.38. The van der Waals surface area contributed by atoms with Gasteiger partial charge in [-0.15, -0.1) is 0 Å². The third-order valence-electron chi connectivity index (χ3n) is 4.38. The van der Waals surface area contributed by atoms with E-state index >= 15 is 0 Å². The van der Waals surface area contributed by atoms with Crippen LogP contribution in [0.2, 0.25) is 0 Å². The van der Waals surface area contributed by atoms with Gasteiger partial charge in [0.05, 0.1) is 18.3 Å². The van der Waals surface area contributed by atoms with Crippen LogP contribution < -0.4 is 0 Å². The first-order chi connectivity index (χ1) is 11.1. The van der Waals surface area contributed by atoms with Crippen LogP contribution in [0, 0.1) is 13.8 Å². The lowest BCUT2D eigenvalue weighted by Gasteiger charge is -2.16. The Labute approximate surface area is 136 Å². The van der Waals surface area contributed by atoms with E-state index in [9.17, 15) is 4.79 Å². The topological polar surface area (TPSA) is 47.4 Å². The van der Waals surface area contributed by atoms with Gasteiger partial charge < -0.3 is 9.64 Å². The van der Waals surface area contributed by atoms with Crippen molar-refractivity contribution in [2.45, 2.75) is 32.9 Å². The number of benzene rings is 1. The predicted molar refractivity (Wildman–Crippen MR) is 88.6 cm³/mol. The Kier molecular flexibility index (Phi) is 4.48. The van der Waals surface area contributed by atoms with E-state index < -0.39 is 0 Å². The molecule has 0 aliphatic carbocycles. The van der Waals surface area contributed by atoms with E-state index in [4.69, 9.17) is 4.74 Å². The van der Waals surface area contributed by atoms with Gasteiger partial charge in [-0.25, -0.2) is 0 Å². The highest BCUT2D eigenvalue weighted by Gasteiger charge is 2.26. The number of hydrogen-bond donors (Lipinski definition) is 0. The number of rotatable bonds is 4. The monoisotopic (exact) mass is 313 g/mol. The third kappa shape index (κ3) is 3.45. The van der Waals surface area contributed by atoms with Gasteiger partial charge in [0.2, 0.25) is 0 Å². The number of amides is 1. The molecule has 5 heteroatoms. The molecule has 0 N–H and O–H groups in total. The number of ether oxygens (including phenoxy) is 1. The first-order valence-electron chi connectivity index (χ1n) is 7.99. The Hall–Kier alpha value is -2.14. The van der Waals surface area contributed by atoms with Crippen LogP contribution in [0.5, 0.6) is 0 Å². The molecule has 1 unspecified atom stereocenters. The predicted octanol–water partition coefficient (Wildman–Crippen LogP) is 2.41. The smallest absolute Gasteiger partial charge is 0.253 e. The number of carbonyl (C=O) groups excluding carboxylic acids is 1. The zero-order chi connectivity index (χ0) is 16.4. The average Bonchev–Trinajstić information content (AvgIpc) is 3.14. The highest BCUT2D eigenvalue weighted by molar-refractivity contribution is 5.94. The van der Waals surface area contributed by atoms with Crippen molar-refractivity contribution in [1.29, 1.82) is 0 Å². The molecule has 23 heavy (non-hydrogen) atoms. The van der Waals surface area contributed by atoms with Crippen LogP contribution in [0.25, 0.3) is 0 Å². The number of aryl methyl sites for hydroxylation is 2. The molecule has 2 heterocycles. The fourth-order valence-corrected chi connectivity index (χ4v) is 3.10. The minimum Gasteiger partial charge on any atom is -0.380 e. The van der Waals surface area contributed by atoms with Crippen LogP contribution >= 0.6 is 0 Å². The summed E-state index contributed by atoms with van der Waals surface area (Å²) in [5, 5.41) is 4.48. The van der Waals surface area contributed by atoms with Crippen LogP contribution in [-0.4, -0.2) is 46.9 Å². The largest absolute Gasteiger partial charge is 0.380 e. The van der Waals surface area contributed by atoms with E-state index in [0.717, 1.165) is 35.5 Å².